The molecule has 1 saturated carbocycles. The first-order valence-corrected chi connectivity index (χ1v) is 8.34. The van der Waals surface area contributed by atoms with E-state index in [1.54, 1.807) is 6.33 Å². The van der Waals surface area contributed by atoms with Crippen LogP contribution in [0.4, 0.5) is 5.69 Å². The predicted octanol–water partition coefficient (Wildman–Crippen LogP) is 4.24. The monoisotopic (exact) mass is 298 g/mol. The number of aromatic nitrogens is 3. The maximum atomic E-state index is 4.38. The van der Waals surface area contributed by atoms with Crippen molar-refractivity contribution in [2.45, 2.75) is 58.0 Å². The number of hydrogen-bond acceptors (Lipinski definition) is 3. The van der Waals surface area contributed by atoms with Crippen molar-refractivity contribution in [2.75, 3.05) is 5.32 Å². The molecule has 4 heteroatoms. The van der Waals surface area contributed by atoms with Crippen LogP contribution < -0.4 is 5.32 Å². The van der Waals surface area contributed by atoms with Gasteiger partial charge in [-0.2, -0.15) is 5.10 Å². The Morgan fingerprint density at radius 3 is 2.86 bits per heavy atom. The van der Waals surface area contributed by atoms with E-state index in [2.05, 4.69) is 60.4 Å². The van der Waals surface area contributed by atoms with Gasteiger partial charge in [0.15, 0.2) is 0 Å². The summed E-state index contributed by atoms with van der Waals surface area (Å²) < 4.78 is 2.03. The lowest BCUT2D eigenvalue weighted by molar-refractivity contribution is 0.244. The summed E-state index contributed by atoms with van der Waals surface area (Å²) in [6.07, 6.45) is 7.09. The van der Waals surface area contributed by atoms with Gasteiger partial charge in [0.2, 0.25) is 0 Å². The molecule has 1 N–H and O–H groups in total. The highest BCUT2D eigenvalue weighted by molar-refractivity contribution is 5.47. The zero-order valence-corrected chi connectivity index (χ0v) is 13.7. The molecule has 0 amide bonds. The summed E-state index contributed by atoms with van der Waals surface area (Å²) in [6, 6.07) is 9.60. The van der Waals surface area contributed by atoms with Crippen LogP contribution in [-0.4, -0.2) is 20.8 Å². The van der Waals surface area contributed by atoms with Gasteiger partial charge < -0.3 is 5.32 Å². The number of hydrogen-bond donors (Lipinski definition) is 1. The minimum atomic E-state index is 0.383. The summed E-state index contributed by atoms with van der Waals surface area (Å²) in [5.41, 5.74) is 2.60. The number of benzene rings is 1. The zero-order valence-electron chi connectivity index (χ0n) is 13.7. The summed E-state index contributed by atoms with van der Waals surface area (Å²) in [5.74, 6) is 1.30. The highest BCUT2D eigenvalue weighted by Gasteiger charge is 2.30. The summed E-state index contributed by atoms with van der Waals surface area (Å²) in [6.45, 7) is 6.80. The second-order valence-electron chi connectivity index (χ2n) is 6.89. The van der Waals surface area contributed by atoms with Crippen molar-refractivity contribution in [1.29, 1.82) is 0 Å². The Balaban J connectivity index is 1.78. The van der Waals surface area contributed by atoms with Crippen LogP contribution >= 0.6 is 0 Å². The molecule has 1 heterocycles. The van der Waals surface area contributed by atoms with Gasteiger partial charge in [-0.3, -0.25) is 0 Å². The van der Waals surface area contributed by atoms with Crippen LogP contribution in [0.15, 0.2) is 36.9 Å². The van der Waals surface area contributed by atoms with E-state index in [0.29, 0.717) is 18.0 Å². The van der Waals surface area contributed by atoms with Gasteiger partial charge in [-0.15, -0.1) is 0 Å². The van der Waals surface area contributed by atoms with Crippen LogP contribution in [0.2, 0.25) is 0 Å². The number of nitrogens with one attached hydrogen (secondary N) is 1. The largest absolute Gasteiger partial charge is 0.380 e. The van der Waals surface area contributed by atoms with Crippen molar-refractivity contribution in [3.63, 3.8) is 0 Å². The van der Waals surface area contributed by atoms with Gasteiger partial charge in [0.05, 0.1) is 6.04 Å². The van der Waals surface area contributed by atoms with Crippen LogP contribution in [0, 0.1) is 5.92 Å². The van der Waals surface area contributed by atoms with E-state index in [4.69, 9.17) is 0 Å². The van der Waals surface area contributed by atoms with Gasteiger partial charge in [-0.1, -0.05) is 32.9 Å². The first-order chi connectivity index (χ1) is 10.6. The SMILES string of the molecule is CC1CCC(Nc2cccc(C(C)C)c2)C(n2cncn2)C1. The molecule has 0 bridgehead atoms. The van der Waals surface area contributed by atoms with Gasteiger partial charge >= 0.3 is 0 Å². The molecule has 1 aliphatic rings. The second-order valence-corrected chi connectivity index (χ2v) is 6.89. The lowest BCUT2D eigenvalue weighted by atomic mass is 9.83. The van der Waals surface area contributed by atoms with Crippen molar-refractivity contribution in [3.8, 4) is 0 Å². The fourth-order valence-electron chi connectivity index (χ4n) is 3.40. The zero-order chi connectivity index (χ0) is 15.5. The van der Waals surface area contributed by atoms with E-state index >= 15 is 0 Å². The maximum Gasteiger partial charge on any atom is 0.137 e. The summed E-state index contributed by atoms with van der Waals surface area (Å²) in [5, 5.41) is 8.12. The first kappa shape index (κ1) is 15.1. The van der Waals surface area contributed by atoms with Crippen LogP contribution in [0.5, 0.6) is 0 Å². The Labute approximate surface area is 133 Å². The smallest absolute Gasteiger partial charge is 0.137 e. The lowest BCUT2D eigenvalue weighted by Gasteiger charge is -2.36. The third-order valence-electron chi connectivity index (χ3n) is 4.76. The normalized spacial score (nSPS) is 25.4. The molecule has 1 aromatic heterocycles. The Bertz CT molecular complexity index is 591. The van der Waals surface area contributed by atoms with E-state index < -0.39 is 0 Å². The molecular formula is C18H26N4. The van der Waals surface area contributed by atoms with E-state index in [-0.39, 0.29) is 0 Å². The van der Waals surface area contributed by atoms with Crippen LogP contribution in [0.3, 0.4) is 0 Å². The first-order valence-electron chi connectivity index (χ1n) is 8.34. The van der Waals surface area contributed by atoms with Crippen molar-refractivity contribution < 1.29 is 0 Å². The Morgan fingerprint density at radius 2 is 2.14 bits per heavy atom. The average Bonchev–Trinajstić information content (AvgIpc) is 3.03. The molecule has 0 saturated heterocycles. The quantitative estimate of drug-likeness (QED) is 0.918. The number of nitrogens with zero attached hydrogens (tertiary/aromatic N) is 3. The van der Waals surface area contributed by atoms with E-state index in [9.17, 15) is 0 Å². The van der Waals surface area contributed by atoms with Gasteiger partial charge in [0, 0.05) is 11.7 Å². The van der Waals surface area contributed by atoms with Gasteiger partial charge in [0.1, 0.15) is 12.7 Å². The average molecular weight is 298 g/mol. The molecule has 1 aromatic carbocycles. The fraction of sp³-hybridized carbons (Fsp3) is 0.556. The van der Waals surface area contributed by atoms with Crippen LogP contribution in [0.1, 0.15) is 57.6 Å². The topological polar surface area (TPSA) is 42.7 Å². The maximum absolute atomic E-state index is 4.38. The molecule has 1 fully saturated rings. The highest BCUT2D eigenvalue weighted by Crippen LogP contribution is 2.34. The molecule has 0 radical (unpaired) electrons. The minimum absolute atomic E-state index is 0.383. The molecule has 1 aliphatic carbocycles. The Hall–Kier alpha value is -1.84. The molecular weight excluding hydrogens is 272 g/mol. The van der Waals surface area contributed by atoms with E-state index in [0.717, 1.165) is 12.3 Å². The Kier molecular flexibility index (Phi) is 4.46. The molecule has 0 spiro atoms. The van der Waals surface area contributed by atoms with E-state index in [1.807, 2.05) is 11.0 Å². The van der Waals surface area contributed by atoms with Crippen molar-refractivity contribution in [3.05, 3.63) is 42.5 Å². The molecule has 22 heavy (non-hydrogen) atoms. The summed E-state index contributed by atoms with van der Waals surface area (Å²) >= 11 is 0. The molecule has 3 rings (SSSR count). The van der Waals surface area contributed by atoms with Gasteiger partial charge in [-0.05, 0) is 48.8 Å². The summed E-state index contributed by atoms with van der Waals surface area (Å²) in [4.78, 5) is 4.13. The highest BCUT2D eigenvalue weighted by atomic mass is 15.3. The minimum Gasteiger partial charge on any atom is -0.380 e. The molecule has 2 aromatic rings. The van der Waals surface area contributed by atoms with E-state index in [1.165, 1.54) is 24.1 Å². The molecule has 0 aliphatic heterocycles. The lowest BCUT2D eigenvalue weighted by Crippen LogP contribution is -2.36. The van der Waals surface area contributed by atoms with Gasteiger partial charge in [-0.25, -0.2) is 9.67 Å². The third kappa shape index (κ3) is 3.32. The predicted molar refractivity (Wildman–Crippen MR) is 90.0 cm³/mol. The second kappa shape index (κ2) is 6.51. The van der Waals surface area contributed by atoms with Crippen LogP contribution in [0.25, 0.3) is 0 Å². The number of rotatable bonds is 4. The Morgan fingerprint density at radius 1 is 1.27 bits per heavy atom. The van der Waals surface area contributed by atoms with Crippen LogP contribution in [-0.2, 0) is 0 Å². The van der Waals surface area contributed by atoms with Crippen molar-refractivity contribution >= 4 is 5.69 Å². The van der Waals surface area contributed by atoms with Crippen molar-refractivity contribution in [2.24, 2.45) is 5.92 Å². The molecule has 118 valence electrons. The molecule has 4 nitrogen and oxygen atoms in total. The molecule has 3 atom stereocenters. The standard InChI is InChI=1S/C18H26N4/c1-13(2)15-5-4-6-16(10-15)21-17-8-7-14(3)9-18(17)22-12-19-11-20-22/h4-6,10-14,17-18,21H,7-9H2,1-3H3. The van der Waals surface area contributed by atoms with Crippen molar-refractivity contribution in [1.82, 2.24) is 14.8 Å². The number of anilines is 1. The molecule has 3 unspecified atom stereocenters. The fourth-order valence-corrected chi connectivity index (χ4v) is 3.40. The third-order valence-corrected chi connectivity index (χ3v) is 4.76. The van der Waals surface area contributed by atoms with Gasteiger partial charge in [0.25, 0.3) is 0 Å². The summed E-state index contributed by atoms with van der Waals surface area (Å²) in [7, 11) is 0.